The Bertz CT molecular complexity index is 1250. The van der Waals surface area contributed by atoms with E-state index in [0.717, 1.165) is 24.1 Å². The van der Waals surface area contributed by atoms with E-state index < -0.39 is 29.7 Å². The molecular weight excluding hydrogens is 437 g/mol. The Balaban J connectivity index is 1.50. The van der Waals surface area contributed by atoms with Gasteiger partial charge in [-0.05, 0) is 62.1 Å². The van der Waals surface area contributed by atoms with Gasteiger partial charge in [0.15, 0.2) is 6.61 Å². The first kappa shape index (κ1) is 23.3. The van der Waals surface area contributed by atoms with Crippen LogP contribution in [0.4, 0.5) is 10.2 Å². The Kier molecular flexibility index (Phi) is 6.55. The van der Waals surface area contributed by atoms with Crippen LogP contribution in [0.5, 0.6) is 0 Å². The van der Waals surface area contributed by atoms with E-state index in [-0.39, 0.29) is 0 Å². The van der Waals surface area contributed by atoms with Crippen molar-refractivity contribution in [1.82, 2.24) is 4.57 Å². The fourth-order valence-electron chi connectivity index (χ4n) is 4.70. The first-order valence-electron chi connectivity index (χ1n) is 11.2. The zero-order valence-electron chi connectivity index (χ0n) is 19.2. The number of nitrogens with zero attached hydrogens (tertiary/aromatic N) is 2. The number of benzene rings is 1. The summed E-state index contributed by atoms with van der Waals surface area (Å²) in [6.45, 7) is 3.49. The molecule has 176 valence electrons. The van der Waals surface area contributed by atoms with Crippen molar-refractivity contribution in [2.75, 3.05) is 11.9 Å². The van der Waals surface area contributed by atoms with Gasteiger partial charge in [0, 0.05) is 5.69 Å². The molecule has 2 heterocycles. The third-order valence-electron chi connectivity index (χ3n) is 6.65. The number of nitrogens with one attached hydrogen (secondary N) is 1. The van der Waals surface area contributed by atoms with Gasteiger partial charge in [0.1, 0.15) is 23.5 Å². The maximum absolute atomic E-state index is 13.8. The third-order valence-corrected chi connectivity index (χ3v) is 6.65. The SMILES string of the molecule is Cc1c(C#N)c(NC(=O)COC(=O)C2(c3cccc(F)c3)CCCC2)n(Cc2ccco2)c1C. The lowest BCUT2D eigenvalue weighted by Crippen LogP contribution is -2.36. The number of halogens is 1. The average molecular weight is 464 g/mol. The molecule has 1 fully saturated rings. The Morgan fingerprint density at radius 2 is 2.00 bits per heavy atom. The molecule has 0 saturated heterocycles. The molecule has 0 spiro atoms. The minimum atomic E-state index is -0.952. The van der Waals surface area contributed by atoms with Gasteiger partial charge in [-0.2, -0.15) is 5.26 Å². The van der Waals surface area contributed by atoms with Crippen molar-refractivity contribution in [3.63, 3.8) is 0 Å². The van der Waals surface area contributed by atoms with E-state index >= 15 is 0 Å². The van der Waals surface area contributed by atoms with Gasteiger partial charge in [0.05, 0.1) is 23.8 Å². The topological polar surface area (TPSA) is 97.3 Å². The monoisotopic (exact) mass is 463 g/mol. The Morgan fingerprint density at radius 3 is 2.65 bits per heavy atom. The lowest BCUT2D eigenvalue weighted by Gasteiger charge is -2.27. The molecule has 0 atom stereocenters. The van der Waals surface area contributed by atoms with Gasteiger partial charge in [0.2, 0.25) is 0 Å². The number of nitriles is 1. The van der Waals surface area contributed by atoms with E-state index in [9.17, 15) is 19.2 Å². The highest BCUT2D eigenvalue weighted by atomic mass is 19.1. The number of ether oxygens (including phenoxy) is 1. The zero-order chi connectivity index (χ0) is 24.3. The molecule has 2 aromatic heterocycles. The quantitative estimate of drug-likeness (QED) is 0.510. The molecule has 7 nitrogen and oxygen atoms in total. The van der Waals surface area contributed by atoms with E-state index in [1.807, 2.05) is 19.9 Å². The van der Waals surface area contributed by atoms with Gasteiger partial charge >= 0.3 is 5.97 Å². The van der Waals surface area contributed by atoms with Crippen LogP contribution in [0.15, 0.2) is 47.1 Å². The standard InChI is InChI=1S/C26H26FN3O4/c1-17-18(2)30(15-21-9-6-12-33-21)24(22(17)14-28)29-23(31)16-34-25(32)26(10-3-4-11-26)19-7-5-8-20(27)13-19/h5-9,12-13H,3-4,10-11,15-16H2,1-2H3,(H,29,31). The number of esters is 1. The second-order valence-corrected chi connectivity index (χ2v) is 8.64. The molecule has 1 N–H and O–H groups in total. The summed E-state index contributed by atoms with van der Waals surface area (Å²) >= 11 is 0. The molecule has 1 aliphatic carbocycles. The summed E-state index contributed by atoms with van der Waals surface area (Å²) in [6, 6.07) is 11.7. The summed E-state index contributed by atoms with van der Waals surface area (Å²) in [5.41, 5.74) is 1.53. The van der Waals surface area contributed by atoms with Gasteiger partial charge in [-0.3, -0.25) is 9.59 Å². The molecule has 0 aliphatic heterocycles. The molecule has 4 rings (SSSR count). The first-order chi connectivity index (χ1) is 16.4. The van der Waals surface area contributed by atoms with Crippen molar-refractivity contribution in [3.05, 3.63) is 76.6 Å². The molecule has 0 radical (unpaired) electrons. The van der Waals surface area contributed by atoms with Gasteiger partial charge in [-0.15, -0.1) is 0 Å². The van der Waals surface area contributed by atoms with E-state index in [1.54, 1.807) is 29.0 Å². The Hall–Kier alpha value is -3.86. The van der Waals surface area contributed by atoms with Crippen molar-refractivity contribution in [3.8, 4) is 6.07 Å². The van der Waals surface area contributed by atoms with Crippen LogP contribution < -0.4 is 5.32 Å². The third kappa shape index (κ3) is 4.34. The number of rotatable bonds is 7. The minimum absolute atomic E-state index is 0.329. The average Bonchev–Trinajstić information content (AvgIpc) is 3.56. The van der Waals surface area contributed by atoms with Crippen LogP contribution in [0.2, 0.25) is 0 Å². The Morgan fingerprint density at radius 1 is 1.24 bits per heavy atom. The fraction of sp³-hybridized carbons (Fsp3) is 0.346. The summed E-state index contributed by atoms with van der Waals surface area (Å²) < 4.78 is 26.5. The van der Waals surface area contributed by atoms with Gasteiger partial charge in [-0.25, -0.2) is 4.39 Å². The van der Waals surface area contributed by atoms with Crippen LogP contribution in [-0.2, 0) is 26.3 Å². The van der Waals surface area contributed by atoms with Crippen LogP contribution in [-0.4, -0.2) is 23.1 Å². The van der Waals surface area contributed by atoms with Crippen molar-refractivity contribution in [2.24, 2.45) is 0 Å². The van der Waals surface area contributed by atoms with E-state index in [4.69, 9.17) is 9.15 Å². The van der Waals surface area contributed by atoms with Gasteiger partial charge in [0.25, 0.3) is 5.91 Å². The molecule has 1 amide bonds. The molecular formula is C26H26FN3O4. The molecule has 8 heteroatoms. The molecule has 1 aliphatic rings. The van der Waals surface area contributed by atoms with Crippen molar-refractivity contribution < 1.29 is 23.1 Å². The summed E-state index contributed by atoms with van der Waals surface area (Å²) in [6.07, 6.45) is 4.28. The number of carbonyl (C=O) groups is 2. The highest BCUT2D eigenvalue weighted by Crippen LogP contribution is 2.42. The number of hydrogen-bond acceptors (Lipinski definition) is 5. The highest BCUT2D eigenvalue weighted by molar-refractivity contribution is 5.94. The summed E-state index contributed by atoms with van der Waals surface area (Å²) in [5.74, 6) is -0.514. The van der Waals surface area contributed by atoms with Crippen LogP contribution in [0.1, 0.15) is 53.8 Å². The second kappa shape index (κ2) is 9.56. The van der Waals surface area contributed by atoms with Crippen LogP contribution in [0.3, 0.4) is 0 Å². The maximum Gasteiger partial charge on any atom is 0.317 e. The molecule has 1 aromatic carbocycles. The largest absolute Gasteiger partial charge is 0.467 e. The van der Waals surface area contributed by atoms with Crippen LogP contribution >= 0.6 is 0 Å². The number of hydrogen-bond donors (Lipinski definition) is 1. The van der Waals surface area contributed by atoms with Crippen molar-refractivity contribution in [1.29, 1.82) is 5.26 Å². The summed E-state index contributed by atoms with van der Waals surface area (Å²) in [7, 11) is 0. The lowest BCUT2D eigenvalue weighted by atomic mass is 9.79. The lowest BCUT2D eigenvalue weighted by molar-refractivity contribution is -0.153. The molecule has 0 unspecified atom stereocenters. The predicted octanol–water partition coefficient (Wildman–Crippen LogP) is 4.75. The number of aromatic nitrogens is 1. The Labute approximate surface area is 197 Å². The summed E-state index contributed by atoms with van der Waals surface area (Å²) in [4.78, 5) is 25.9. The molecule has 0 bridgehead atoms. The van der Waals surface area contributed by atoms with E-state index in [2.05, 4.69) is 11.4 Å². The summed E-state index contributed by atoms with van der Waals surface area (Å²) in [5, 5.41) is 12.4. The van der Waals surface area contributed by atoms with E-state index in [0.29, 0.717) is 42.1 Å². The van der Waals surface area contributed by atoms with Crippen molar-refractivity contribution in [2.45, 2.75) is 51.5 Å². The number of anilines is 1. The van der Waals surface area contributed by atoms with Gasteiger partial charge in [-0.1, -0.05) is 25.0 Å². The second-order valence-electron chi connectivity index (χ2n) is 8.64. The zero-order valence-corrected chi connectivity index (χ0v) is 19.2. The van der Waals surface area contributed by atoms with Crippen LogP contribution in [0, 0.1) is 31.0 Å². The maximum atomic E-state index is 13.8. The number of furan rings is 1. The number of amides is 1. The molecule has 3 aromatic rings. The smallest absolute Gasteiger partial charge is 0.317 e. The van der Waals surface area contributed by atoms with Gasteiger partial charge < -0.3 is 19.0 Å². The first-order valence-corrected chi connectivity index (χ1v) is 11.2. The highest BCUT2D eigenvalue weighted by Gasteiger charge is 2.44. The number of carbonyl (C=O) groups excluding carboxylic acids is 2. The normalized spacial score (nSPS) is 14.5. The van der Waals surface area contributed by atoms with E-state index in [1.165, 1.54) is 12.1 Å². The minimum Gasteiger partial charge on any atom is -0.467 e. The molecule has 1 saturated carbocycles. The molecule has 34 heavy (non-hydrogen) atoms. The van der Waals surface area contributed by atoms with Crippen molar-refractivity contribution >= 4 is 17.7 Å². The fourth-order valence-corrected chi connectivity index (χ4v) is 4.70. The predicted molar refractivity (Wildman–Crippen MR) is 123 cm³/mol. The van der Waals surface area contributed by atoms with Crippen LogP contribution in [0.25, 0.3) is 0 Å².